The minimum absolute atomic E-state index is 0.252. The molecule has 1 saturated carbocycles. The molecule has 1 aliphatic heterocycles. The maximum Gasteiger partial charge on any atom is 0.223 e. The zero-order chi connectivity index (χ0) is 10.6. The van der Waals surface area contributed by atoms with Gasteiger partial charge in [0.2, 0.25) is 5.91 Å². The van der Waals surface area contributed by atoms with Crippen molar-refractivity contribution >= 4 is 18.5 Å². The standard InChI is InChI=1S/C8H14N2O.C2H4S/c9-6-1-2-7-5(3-6)4-10-8(7)11;1-2-3/h5-7H,1-4,9H2,(H,10,11);2-3H,1H2. The number of carbonyl (C=O) groups excluding carboxylic acids is 1. The predicted molar refractivity (Wildman–Crippen MR) is 61.0 cm³/mol. The minimum Gasteiger partial charge on any atom is -0.356 e. The molecule has 0 spiro atoms. The Bertz CT molecular complexity index is 220. The van der Waals surface area contributed by atoms with E-state index in [1.54, 1.807) is 0 Å². The highest BCUT2D eigenvalue weighted by Gasteiger charge is 2.38. The maximum atomic E-state index is 11.2. The van der Waals surface area contributed by atoms with Gasteiger partial charge < -0.3 is 11.1 Å². The molecule has 0 radical (unpaired) electrons. The van der Waals surface area contributed by atoms with Crippen LogP contribution in [0.5, 0.6) is 0 Å². The van der Waals surface area contributed by atoms with Crippen molar-refractivity contribution in [2.45, 2.75) is 25.3 Å². The van der Waals surface area contributed by atoms with Crippen molar-refractivity contribution in [2.75, 3.05) is 6.54 Å². The first kappa shape index (κ1) is 11.6. The molecular weight excluding hydrogens is 196 g/mol. The number of nitrogens with one attached hydrogen (secondary N) is 1. The highest BCUT2D eigenvalue weighted by Crippen LogP contribution is 2.32. The van der Waals surface area contributed by atoms with Crippen LogP contribution in [0.3, 0.4) is 0 Å². The van der Waals surface area contributed by atoms with Gasteiger partial charge in [-0.2, -0.15) is 12.6 Å². The van der Waals surface area contributed by atoms with Gasteiger partial charge in [-0.25, -0.2) is 0 Å². The molecule has 4 heteroatoms. The fourth-order valence-electron chi connectivity index (χ4n) is 2.23. The highest BCUT2D eigenvalue weighted by atomic mass is 32.1. The smallest absolute Gasteiger partial charge is 0.223 e. The number of rotatable bonds is 0. The van der Waals surface area contributed by atoms with Gasteiger partial charge in [-0.15, -0.1) is 0 Å². The lowest BCUT2D eigenvalue weighted by Gasteiger charge is -2.26. The fourth-order valence-corrected chi connectivity index (χ4v) is 2.23. The van der Waals surface area contributed by atoms with E-state index in [-0.39, 0.29) is 11.8 Å². The summed E-state index contributed by atoms with van der Waals surface area (Å²) >= 11 is 3.55. The second-order valence-corrected chi connectivity index (χ2v) is 4.23. The Kier molecular flexibility index (Phi) is 4.48. The Hall–Kier alpha value is -0.480. The van der Waals surface area contributed by atoms with Crippen molar-refractivity contribution in [1.82, 2.24) is 5.32 Å². The molecule has 1 amide bonds. The maximum absolute atomic E-state index is 11.2. The lowest BCUT2D eigenvalue weighted by molar-refractivity contribution is -0.123. The Balaban J connectivity index is 0.000000293. The summed E-state index contributed by atoms with van der Waals surface area (Å²) in [5, 5.41) is 4.33. The van der Waals surface area contributed by atoms with Crippen LogP contribution in [0, 0.1) is 11.8 Å². The van der Waals surface area contributed by atoms with Gasteiger partial charge in [-0.05, 0) is 30.6 Å². The van der Waals surface area contributed by atoms with Crippen LogP contribution in [0.4, 0.5) is 0 Å². The van der Waals surface area contributed by atoms with Crippen LogP contribution in [-0.4, -0.2) is 18.5 Å². The first-order valence-electron chi connectivity index (χ1n) is 4.97. The van der Waals surface area contributed by atoms with Crippen LogP contribution in [0.15, 0.2) is 12.0 Å². The van der Waals surface area contributed by atoms with Gasteiger partial charge in [0.25, 0.3) is 0 Å². The minimum atomic E-state index is 0.252. The normalized spacial score (nSPS) is 35.0. The summed E-state index contributed by atoms with van der Waals surface area (Å²) in [6.07, 6.45) is 3.05. The van der Waals surface area contributed by atoms with Gasteiger partial charge >= 0.3 is 0 Å². The molecule has 80 valence electrons. The van der Waals surface area contributed by atoms with Gasteiger partial charge in [-0.1, -0.05) is 6.58 Å². The molecule has 3 nitrogen and oxygen atoms in total. The van der Waals surface area contributed by atoms with E-state index < -0.39 is 0 Å². The molecule has 2 aliphatic rings. The van der Waals surface area contributed by atoms with Crippen molar-refractivity contribution < 1.29 is 4.79 Å². The van der Waals surface area contributed by atoms with Crippen LogP contribution in [0.1, 0.15) is 19.3 Å². The lowest BCUT2D eigenvalue weighted by Crippen LogP contribution is -2.33. The Morgan fingerprint density at radius 1 is 1.57 bits per heavy atom. The largest absolute Gasteiger partial charge is 0.356 e. The SMILES string of the molecule is C=CS.NC1CCC2C(=O)NCC2C1. The van der Waals surface area contributed by atoms with Crippen molar-refractivity contribution in [1.29, 1.82) is 0 Å². The molecular formula is C10H18N2OS. The summed E-state index contributed by atoms with van der Waals surface area (Å²) in [7, 11) is 0. The molecule has 3 atom stereocenters. The van der Waals surface area contributed by atoms with E-state index in [9.17, 15) is 4.79 Å². The summed E-state index contributed by atoms with van der Waals surface area (Å²) in [6.45, 7) is 4.08. The number of fused-ring (bicyclic) bond motifs is 1. The monoisotopic (exact) mass is 214 g/mol. The topological polar surface area (TPSA) is 55.1 Å². The zero-order valence-corrected chi connectivity index (χ0v) is 9.17. The van der Waals surface area contributed by atoms with Crippen LogP contribution >= 0.6 is 12.6 Å². The number of amides is 1. The van der Waals surface area contributed by atoms with Crippen LogP contribution in [-0.2, 0) is 4.79 Å². The van der Waals surface area contributed by atoms with Crippen molar-refractivity contribution in [2.24, 2.45) is 17.6 Å². The Labute approximate surface area is 90.5 Å². The van der Waals surface area contributed by atoms with Crippen molar-refractivity contribution in [3.63, 3.8) is 0 Å². The summed E-state index contributed by atoms with van der Waals surface area (Å²) in [6, 6.07) is 0.337. The number of thiol groups is 1. The third-order valence-corrected chi connectivity index (χ3v) is 2.90. The molecule has 0 aromatic carbocycles. The van der Waals surface area contributed by atoms with E-state index in [1.807, 2.05) is 0 Å². The zero-order valence-electron chi connectivity index (χ0n) is 8.28. The van der Waals surface area contributed by atoms with E-state index in [4.69, 9.17) is 5.73 Å². The van der Waals surface area contributed by atoms with E-state index in [0.717, 1.165) is 25.8 Å². The number of carbonyl (C=O) groups is 1. The number of nitrogens with two attached hydrogens (primary N) is 1. The molecule has 14 heavy (non-hydrogen) atoms. The molecule has 3 unspecified atom stereocenters. The van der Waals surface area contributed by atoms with Gasteiger partial charge in [0.15, 0.2) is 0 Å². The summed E-state index contributed by atoms with van der Waals surface area (Å²) in [5.74, 6) is 1.07. The Morgan fingerprint density at radius 2 is 2.21 bits per heavy atom. The van der Waals surface area contributed by atoms with Gasteiger partial charge in [0.05, 0.1) is 0 Å². The molecule has 0 aromatic rings. The number of hydrogen-bond acceptors (Lipinski definition) is 3. The summed E-state index contributed by atoms with van der Waals surface area (Å²) in [5.41, 5.74) is 5.80. The van der Waals surface area contributed by atoms with E-state index in [2.05, 4.69) is 24.5 Å². The first-order chi connectivity index (χ1) is 6.69. The second-order valence-electron chi connectivity index (χ2n) is 3.87. The van der Waals surface area contributed by atoms with E-state index >= 15 is 0 Å². The third-order valence-electron chi connectivity index (χ3n) is 2.90. The molecule has 0 aromatic heterocycles. The molecule has 1 saturated heterocycles. The Morgan fingerprint density at radius 3 is 2.86 bits per heavy atom. The molecule has 2 fully saturated rings. The molecule has 3 N–H and O–H groups in total. The van der Waals surface area contributed by atoms with E-state index in [1.165, 1.54) is 5.41 Å². The van der Waals surface area contributed by atoms with Crippen molar-refractivity contribution in [3.8, 4) is 0 Å². The summed E-state index contributed by atoms with van der Waals surface area (Å²) < 4.78 is 0. The third kappa shape index (κ3) is 2.75. The van der Waals surface area contributed by atoms with Crippen molar-refractivity contribution in [3.05, 3.63) is 12.0 Å². The van der Waals surface area contributed by atoms with Gasteiger partial charge in [-0.3, -0.25) is 4.79 Å². The fraction of sp³-hybridized carbons (Fsp3) is 0.700. The van der Waals surface area contributed by atoms with Crippen LogP contribution in [0.25, 0.3) is 0 Å². The van der Waals surface area contributed by atoms with Gasteiger partial charge in [0, 0.05) is 18.5 Å². The van der Waals surface area contributed by atoms with E-state index in [0.29, 0.717) is 12.0 Å². The molecule has 1 aliphatic carbocycles. The van der Waals surface area contributed by atoms with Crippen LogP contribution < -0.4 is 11.1 Å². The number of hydrogen-bond donors (Lipinski definition) is 3. The quantitative estimate of drug-likeness (QED) is 0.525. The molecule has 1 heterocycles. The lowest BCUT2D eigenvalue weighted by atomic mass is 9.79. The predicted octanol–water partition coefficient (Wildman–Crippen LogP) is 0.919. The molecule has 2 rings (SSSR count). The average molecular weight is 214 g/mol. The average Bonchev–Trinajstić information content (AvgIpc) is 2.49. The first-order valence-corrected chi connectivity index (χ1v) is 5.49. The molecule has 0 bridgehead atoms. The summed E-state index contributed by atoms with van der Waals surface area (Å²) in [4.78, 5) is 11.2. The second kappa shape index (κ2) is 5.41. The highest BCUT2D eigenvalue weighted by molar-refractivity contribution is 7.83. The van der Waals surface area contributed by atoms with Gasteiger partial charge in [0.1, 0.15) is 0 Å². The van der Waals surface area contributed by atoms with Crippen LogP contribution in [0.2, 0.25) is 0 Å².